The molecule has 0 spiro atoms. The van der Waals surface area contributed by atoms with Crippen molar-refractivity contribution in [3.63, 3.8) is 0 Å². The molecular weight excluding hydrogens is 414 g/mol. The van der Waals surface area contributed by atoms with Crippen molar-refractivity contribution in [2.45, 2.75) is 13.5 Å². The van der Waals surface area contributed by atoms with Crippen LogP contribution >= 0.6 is 11.3 Å². The number of rotatable bonds is 5. The van der Waals surface area contributed by atoms with Crippen LogP contribution in [0.3, 0.4) is 0 Å². The van der Waals surface area contributed by atoms with Gasteiger partial charge in [-0.3, -0.25) is 4.98 Å². The van der Waals surface area contributed by atoms with Gasteiger partial charge in [0.2, 0.25) is 5.69 Å². The molecule has 0 aliphatic carbocycles. The summed E-state index contributed by atoms with van der Waals surface area (Å²) in [4.78, 5) is 8.76. The first-order valence-electron chi connectivity index (χ1n) is 9.51. The van der Waals surface area contributed by atoms with Crippen LogP contribution in [0.5, 0.6) is 11.7 Å². The first-order chi connectivity index (χ1) is 15.1. The molecular formula is C22H17N5O3S. The number of hydrogen-bond acceptors (Lipinski definition) is 8. The molecule has 3 heterocycles. The predicted octanol–water partition coefficient (Wildman–Crippen LogP) is 3.32. The SMILES string of the molecule is Cc1ccc(-[n+]2noc([O-])c2-c2csc(NCc3ccc4cccnc4c3O)n2)cc1. The number of thiazole rings is 1. The van der Waals surface area contributed by atoms with E-state index in [-0.39, 0.29) is 11.4 Å². The third-order valence-electron chi connectivity index (χ3n) is 4.90. The van der Waals surface area contributed by atoms with Crippen LogP contribution in [-0.4, -0.2) is 20.3 Å². The summed E-state index contributed by atoms with van der Waals surface area (Å²) in [6.07, 6.45) is 1.65. The van der Waals surface area contributed by atoms with Crippen molar-refractivity contribution in [2.24, 2.45) is 0 Å². The van der Waals surface area contributed by atoms with E-state index >= 15 is 0 Å². The van der Waals surface area contributed by atoms with Crippen LogP contribution in [0.2, 0.25) is 0 Å². The summed E-state index contributed by atoms with van der Waals surface area (Å²) in [5.41, 5.74) is 3.79. The fourth-order valence-corrected chi connectivity index (χ4v) is 3.97. The smallest absolute Gasteiger partial charge is 0.289 e. The van der Waals surface area contributed by atoms with E-state index < -0.39 is 5.95 Å². The second kappa shape index (κ2) is 7.69. The van der Waals surface area contributed by atoms with Gasteiger partial charge in [0, 0.05) is 41.2 Å². The first-order valence-corrected chi connectivity index (χ1v) is 10.4. The number of nitrogens with zero attached hydrogens (tertiary/aromatic N) is 4. The Morgan fingerprint density at radius 1 is 1.16 bits per heavy atom. The molecule has 9 heteroatoms. The molecule has 0 amide bonds. The molecule has 0 saturated heterocycles. The van der Waals surface area contributed by atoms with Crippen LogP contribution in [0, 0.1) is 6.92 Å². The Kier molecular flexibility index (Phi) is 4.72. The lowest BCUT2D eigenvalue weighted by molar-refractivity contribution is -0.660. The molecule has 0 saturated carbocycles. The zero-order valence-electron chi connectivity index (χ0n) is 16.4. The molecule has 0 bridgehead atoms. The van der Waals surface area contributed by atoms with E-state index in [0.717, 1.165) is 10.9 Å². The van der Waals surface area contributed by atoms with Gasteiger partial charge in [0.25, 0.3) is 5.69 Å². The van der Waals surface area contributed by atoms with Gasteiger partial charge in [-0.25, -0.2) is 4.98 Å². The minimum absolute atomic E-state index is 0.139. The van der Waals surface area contributed by atoms with Crippen LogP contribution in [-0.2, 0) is 6.54 Å². The molecule has 0 unspecified atom stereocenters. The highest BCUT2D eigenvalue weighted by molar-refractivity contribution is 7.14. The predicted molar refractivity (Wildman–Crippen MR) is 114 cm³/mol. The molecule has 8 nitrogen and oxygen atoms in total. The van der Waals surface area contributed by atoms with Crippen molar-refractivity contribution in [2.75, 3.05) is 5.32 Å². The summed E-state index contributed by atoms with van der Waals surface area (Å²) in [6.45, 7) is 2.34. The zero-order chi connectivity index (χ0) is 21.4. The number of hydrogen-bond donors (Lipinski definition) is 2. The molecule has 154 valence electrons. The van der Waals surface area contributed by atoms with E-state index in [0.29, 0.717) is 34.1 Å². The quantitative estimate of drug-likeness (QED) is 0.411. The Balaban J connectivity index is 1.40. The molecule has 0 radical (unpaired) electrons. The molecule has 5 rings (SSSR count). The lowest BCUT2D eigenvalue weighted by atomic mass is 10.1. The number of aryl methyl sites for hydroxylation is 1. The van der Waals surface area contributed by atoms with Crippen LogP contribution in [0.1, 0.15) is 11.1 Å². The van der Waals surface area contributed by atoms with Crippen molar-refractivity contribution in [1.29, 1.82) is 0 Å². The van der Waals surface area contributed by atoms with Crippen LogP contribution < -0.4 is 15.1 Å². The fraction of sp³-hybridized carbons (Fsp3) is 0.0909. The van der Waals surface area contributed by atoms with Crippen molar-refractivity contribution < 1.29 is 19.4 Å². The lowest BCUT2D eigenvalue weighted by Gasteiger charge is -2.07. The minimum atomic E-state index is -0.560. The average Bonchev–Trinajstić information content (AvgIpc) is 3.40. The molecule has 0 fully saturated rings. The number of benzene rings is 2. The van der Waals surface area contributed by atoms with E-state index in [4.69, 9.17) is 4.52 Å². The topological polar surface area (TPSA) is 111 Å². The monoisotopic (exact) mass is 431 g/mol. The number of pyridine rings is 1. The van der Waals surface area contributed by atoms with Gasteiger partial charge in [-0.1, -0.05) is 35.9 Å². The van der Waals surface area contributed by atoms with Crippen molar-refractivity contribution in [1.82, 2.24) is 15.2 Å². The summed E-state index contributed by atoms with van der Waals surface area (Å²) in [5, 5.41) is 33.1. The molecule has 0 atom stereocenters. The number of anilines is 1. The van der Waals surface area contributed by atoms with Crippen LogP contribution in [0.25, 0.3) is 28.0 Å². The van der Waals surface area contributed by atoms with Crippen LogP contribution in [0.4, 0.5) is 5.13 Å². The molecule has 0 aliphatic heterocycles. The molecule has 31 heavy (non-hydrogen) atoms. The maximum Gasteiger partial charge on any atom is 0.289 e. The van der Waals surface area contributed by atoms with Gasteiger partial charge in [-0.05, 0) is 17.7 Å². The minimum Gasteiger partial charge on any atom is -0.539 e. The van der Waals surface area contributed by atoms with Gasteiger partial charge in [0.15, 0.2) is 16.8 Å². The Bertz CT molecular complexity index is 1380. The number of aromatic hydroxyl groups is 1. The summed E-state index contributed by atoms with van der Waals surface area (Å²) >= 11 is 1.35. The second-order valence-corrected chi connectivity index (χ2v) is 7.85. The normalized spacial score (nSPS) is 11.1. The summed E-state index contributed by atoms with van der Waals surface area (Å²) < 4.78 is 6.34. The molecule has 2 N–H and O–H groups in total. The van der Waals surface area contributed by atoms with Gasteiger partial charge in [-0.2, -0.15) is 0 Å². The highest BCUT2D eigenvalue weighted by Gasteiger charge is 2.24. The van der Waals surface area contributed by atoms with E-state index in [1.54, 1.807) is 11.6 Å². The maximum absolute atomic E-state index is 12.3. The van der Waals surface area contributed by atoms with E-state index in [1.165, 1.54) is 16.0 Å². The third kappa shape index (κ3) is 3.55. The van der Waals surface area contributed by atoms with Gasteiger partial charge in [0.05, 0.1) is 5.27 Å². The molecule has 5 aromatic rings. The number of aromatic nitrogens is 4. The average molecular weight is 431 g/mol. The van der Waals surface area contributed by atoms with Gasteiger partial charge in [-0.15, -0.1) is 11.3 Å². The number of phenolic OH excluding ortho intramolecular Hbond substituents is 1. The summed E-state index contributed by atoms with van der Waals surface area (Å²) in [6, 6.07) is 15.1. The highest BCUT2D eigenvalue weighted by atomic mass is 32.1. The standard InChI is InChI=1S/C22H17N5O3S/c1-13-4-8-16(9-5-13)27-19(21(29)30-26-27)17-12-31-22(25-17)24-11-15-7-6-14-3-2-10-23-18(14)20(15)28/h2-10,12H,11H2,1H3,(H2-,24,25,26,28,29). The highest BCUT2D eigenvalue weighted by Crippen LogP contribution is 2.30. The Hall–Kier alpha value is -3.98. The first kappa shape index (κ1) is 19.0. The van der Waals surface area contributed by atoms with Gasteiger partial charge in [0.1, 0.15) is 11.3 Å². The largest absolute Gasteiger partial charge is 0.539 e. The molecule has 0 aliphatic rings. The number of fused-ring (bicyclic) bond motifs is 1. The Morgan fingerprint density at radius 2 is 2.00 bits per heavy atom. The van der Waals surface area contributed by atoms with Crippen molar-refractivity contribution in [3.8, 4) is 28.8 Å². The second-order valence-electron chi connectivity index (χ2n) is 7.00. The Labute approximate surface area is 181 Å². The fourth-order valence-electron chi connectivity index (χ4n) is 3.27. The number of phenols is 1. The summed E-state index contributed by atoms with van der Waals surface area (Å²) in [5.74, 6) is -0.420. The zero-order valence-corrected chi connectivity index (χ0v) is 17.3. The van der Waals surface area contributed by atoms with Crippen molar-refractivity contribution in [3.05, 3.63) is 71.2 Å². The van der Waals surface area contributed by atoms with Gasteiger partial charge < -0.3 is 20.1 Å². The van der Waals surface area contributed by atoms with E-state index in [1.807, 2.05) is 55.5 Å². The molecule has 2 aromatic carbocycles. The third-order valence-corrected chi connectivity index (χ3v) is 5.70. The maximum atomic E-state index is 12.3. The lowest BCUT2D eigenvalue weighted by Crippen LogP contribution is -2.34. The number of nitrogens with one attached hydrogen (secondary N) is 1. The molecule has 3 aromatic heterocycles. The summed E-state index contributed by atoms with van der Waals surface area (Å²) in [7, 11) is 0. The Morgan fingerprint density at radius 3 is 2.84 bits per heavy atom. The van der Waals surface area contributed by atoms with Gasteiger partial charge >= 0.3 is 0 Å². The van der Waals surface area contributed by atoms with Crippen LogP contribution in [0.15, 0.2) is 64.6 Å². The van der Waals surface area contributed by atoms with E-state index in [2.05, 4.69) is 20.6 Å². The van der Waals surface area contributed by atoms with Crippen molar-refractivity contribution >= 4 is 27.4 Å². The van der Waals surface area contributed by atoms with E-state index in [9.17, 15) is 10.2 Å².